The maximum absolute atomic E-state index is 5.70. The minimum absolute atomic E-state index is 0.433. The van der Waals surface area contributed by atoms with E-state index in [1.165, 1.54) is 17.7 Å². The van der Waals surface area contributed by atoms with E-state index in [1.54, 1.807) is 0 Å². The van der Waals surface area contributed by atoms with Crippen LogP contribution < -0.4 is 5.73 Å². The zero-order valence-electron chi connectivity index (χ0n) is 7.94. The van der Waals surface area contributed by atoms with E-state index in [0.29, 0.717) is 11.8 Å². The quantitative estimate of drug-likeness (QED) is 0.785. The topological polar surface area (TPSA) is 38.9 Å². The van der Waals surface area contributed by atoms with Crippen molar-refractivity contribution in [2.24, 2.45) is 5.73 Å². The first-order chi connectivity index (χ1) is 6.38. The highest BCUT2D eigenvalue weighted by molar-refractivity contribution is 7.99. The minimum atomic E-state index is 0.433. The van der Waals surface area contributed by atoms with Gasteiger partial charge in [0.1, 0.15) is 0 Å². The van der Waals surface area contributed by atoms with Crippen LogP contribution in [0.5, 0.6) is 0 Å². The van der Waals surface area contributed by atoms with E-state index in [4.69, 9.17) is 5.73 Å². The molecule has 1 rings (SSSR count). The van der Waals surface area contributed by atoms with Crippen LogP contribution in [0.2, 0.25) is 0 Å². The lowest BCUT2D eigenvalue weighted by Gasteiger charge is -2.13. The summed E-state index contributed by atoms with van der Waals surface area (Å²) in [5, 5.41) is 0.433. The van der Waals surface area contributed by atoms with Crippen molar-refractivity contribution in [3.05, 3.63) is 30.1 Å². The van der Waals surface area contributed by atoms with E-state index in [0.717, 1.165) is 0 Å². The number of pyridine rings is 1. The highest BCUT2D eigenvalue weighted by atomic mass is 32.2. The Morgan fingerprint density at radius 3 is 2.69 bits per heavy atom. The van der Waals surface area contributed by atoms with Gasteiger partial charge in [-0.1, -0.05) is 6.92 Å². The lowest BCUT2D eigenvalue weighted by Crippen LogP contribution is -2.09. The average molecular weight is 196 g/mol. The summed E-state index contributed by atoms with van der Waals surface area (Å²) >= 11 is 1.92. The summed E-state index contributed by atoms with van der Waals surface area (Å²) in [4.78, 5) is 3.99. The molecule has 2 N–H and O–H groups in total. The number of nitrogens with zero attached hydrogens (tertiary/aromatic N) is 1. The Kier molecular flexibility index (Phi) is 4.86. The average Bonchev–Trinajstić information content (AvgIpc) is 2.21. The Balaban J connectivity index is 2.56. The molecule has 13 heavy (non-hydrogen) atoms. The largest absolute Gasteiger partial charge is 0.329 e. The first-order valence-corrected chi connectivity index (χ1v) is 5.65. The van der Waals surface area contributed by atoms with Gasteiger partial charge in [0, 0.05) is 24.2 Å². The van der Waals surface area contributed by atoms with Crippen LogP contribution in [0, 0.1) is 0 Å². The van der Waals surface area contributed by atoms with Crippen LogP contribution in [0.25, 0.3) is 0 Å². The third-order valence-electron chi connectivity index (χ3n) is 1.82. The van der Waals surface area contributed by atoms with Gasteiger partial charge < -0.3 is 5.73 Å². The van der Waals surface area contributed by atoms with Crippen LogP contribution in [0.3, 0.4) is 0 Å². The Hall–Kier alpha value is -0.540. The Labute approximate surface area is 83.9 Å². The normalized spacial score (nSPS) is 12.8. The van der Waals surface area contributed by atoms with Crippen LogP contribution in [0.15, 0.2) is 24.5 Å². The van der Waals surface area contributed by atoms with Crippen LogP contribution in [-0.2, 0) is 0 Å². The molecule has 0 bridgehead atoms. The molecular weight excluding hydrogens is 180 g/mol. The Morgan fingerprint density at radius 2 is 2.15 bits per heavy atom. The van der Waals surface area contributed by atoms with Gasteiger partial charge in [-0.25, -0.2) is 0 Å². The van der Waals surface area contributed by atoms with Crippen molar-refractivity contribution in [1.29, 1.82) is 0 Å². The smallest absolute Gasteiger partial charge is 0.0420 e. The molecule has 0 aromatic carbocycles. The lowest BCUT2D eigenvalue weighted by atomic mass is 10.2. The second-order valence-electron chi connectivity index (χ2n) is 2.88. The molecule has 1 aromatic rings. The molecule has 1 heterocycles. The molecule has 0 saturated carbocycles. The minimum Gasteiger partial charge on any atom is -0.329 e. The van der Waals surface area contributed by atoms with Gasteiger partial charge in [0.05, 0.1) is 0 Å². The first kappa shape index (κ1) is 10.5. The van der Waals surface area contributed by atoms with Gasteiger partial charge in [0.2, 0.25) is 0 Å². The number of nitrogens with two attached hydrogens (primary N) is 1. The first-order valence-electron chi connectivity index (χ1n) is 4.60. The van der Waals surface area contributed by atoms with Gasteiger partial charge in [-0.05, 0) is 29.9 Å². The summed E-state index contributed by atoms with van der Waals surface area (Å²) in [6, 6.07) is 4.08. The molecule has 1 aromatic heterocycles. The van der Waals surface area contributed by atoms with Gasteiger partial charge >= 0.3 is 0 Å². The third-order valence-corrected chi connectivity index (χ3v) is 3.33. The monoisotopic (exact) mass is 196 g/mol. The maximum atomic E-state index is 5.70. The number of aromatic nitrogens is 1. The number of thioether (sulfide) groups is 1. The lowest BCUT2D eigenvalue weighted by molar-refractivity contribution is 0.932. The van der Waals surface area contributed by atoms with Gasteiger partial charge in [-0.15, -0.1) is 0 Å². The van der Waals surface area contributed by atoms with Crippen molar-refractivity contribution in [3.63, 3.8) is 0 Å². The fraction of sp³-hybridized carbons (Fsp3) is 0.500. The van der Waals surface area contributed by atoms with E-state index in [2.05, 4.69) is 11.9 Å². The Bertz CT molecular complexity index is 226. The summed E-state index contributed by atoms with van der Waals surface area (Å²) in [6.45, 7) is 2.89. The molecule has 0 radical (unpaired) electrons. The van der Waals surface area contributed by atoms with Crippen molar-refractivity contribution in [1.82, 2.24) is 4.98 Å². The number of hydrogen-bond acceptors (Lipinski definition) is 3. The highest BCUT2D eigenvalue weighted by Gasteiger charge is 2.08. The van der Waals surface area contributed by atoms with Crippen molar-refractivity contribution in [2.45, 2.75) is 18.6 Å². The predicted molar refractivity (Wildman–Crippen MR) is 58.8 cm³/mol. The van der Waals surface area contributed by atoms with Crippen molar-refractivity contribution in [3.8, 4) is 0 Å². The Morgan fingerprint density at radius 1 is 1.46 bits per heavy atom. The molecule has 1 unspecified atom stereocenters. The van der Waals surface area contributed by atoms with Gasteiger partial charge in [0.15, 0.2) is 0 Å². The fourth-order valence-corrected chi connectivity index (χ4v) is 2.14. The van der Waals surface area contributed by atoms with Gasteiger partial charge in [-0.3, -0.25) is 4.98 Å². The molecule has 72 valence electrons. The zero-order valence-corrected chi connectivity index (χ0v) is 8.76. The SMILES string of the molecule is CCCSC(CN)c1ccncc1. The molecule has 2 nitrogen and oxygen atoms in total. The van der Waals surface area contributed by atoms with E-state index < -0.39 is 0 Å². The number of hydrogen-bond donors (Lipinski definition) is 1. The van der Waals surface area contributed by atoms with Crippen molar-refractivity contribution in [2.75, 3.05) is 12.3 Å². The zero-order chi connectivity index (χ0) is 9.52. The van der Waals surface area contributed by atoms with E-state index in [9.17, 15) is 0 Å². The van der Waals surface area contributed by atoms with Gasteiger partial charge in [-0.2, -0.15) is 11.8 Å². The van der Waals surface area contributed by atoms with Gasteiger partial charge in [0.25, 0.3) is 0 Å². The van der Waals surface area contributed by atoms with Crippen molar-refractivity contribution < 1.29 is 0 Å². The van der Waals surface area contributed by atoms with E-state index in [1.807, 2.05) is 36.3 Å². The van der Waals surface area contributed by atoms with E-state index in [-0.39, 0.29) is 0 Å². The summed E-state index contributed by atoms with van der Waals surface area (Å²) < 4.78 is 0. The maximum Gasteiger partial charge on any atom is 0.0420 e. The molecule has 1 atom stereocenters. The fourth-order valence-electron chi connectivity index (χ4n) is 1.14. The molecule has 0 fully saturated rings. The standard InChI is InChI=1S/C10H16N2S/c1-2-7-13-10(8-11)9-3-5-12-6-4-9/h3-6,10H,2,7-8,11H2,1H3. The van der Waals surface area contributed by atoms with Crippen LogP contribution in [0.1, 0.15) is 24.2 Å². The highest BCUT2D eigenvalue weighted by Crippen LogP contribution is 2.27. The molecule has 0 saturated heterocycles. The summed E-state index contributed by atoms with van der Waals surface area (Å²) in [7, 11) is 0. The molecule has 3 heteroatoms. The molecule has 0 aliphatic heterocycles. The summed E-state index contributed by atoms with van der Waals surface area (Å²) in [6.07, 6.45) is 4.85. The summed E-state index contributed by atoms with van der Waals surface area (Å²) in [5.41, 5.74) is 6.99. The second-order valence-corrected chi connectivity index (χ2v) is 4.19. The molecule has 0 amide bonds. The predicted octanol–water partition coefficient (Wildman–Crippen LogP) is 2.22. The van der Waals surface area contributed by atoms with Crippen LogP contribution in [-0.4, -0.2) is 17.3 Å². The van der Waals surface area contributed by atoms with Crippen molar-refractivity contribution >= 4 is 11.8 Å². The molecular formula is C10H16N2S. The van der Waals surface area contributed by atoms with Crippen LogP contribution in [0.4, 0.5) is 0 Å². The molecule has 0 aliphatic carbocycles. The third kappa shape index (κ3) is 3.36. The summed E-state index contributed by atoms with van der Waals surface area (Å²) in [5.74, 6) is 1.17. The molecule has 0 spiro atoms. The van der Waals surface area contributed by atoms with Crippen LogP contribution >= 0.6 is 11.8 Å². The molecule has 0 aliphatic rings. The second kappa shape index (κ2) is 6.00. The van der Waals surface area contributed by atoms with E-state index >= 15 is 0 Å². The number of rotatable bonds is 5.